The number of pyridine rings is 1. The number of carbonyl (C=O) groups excluding carboxylic acids is 1. The van der Waals surface area contributed by atoms with Gasteiger partial charge in [0, 0.05) is 30.4 Å². The molecular formula is C25H26FN3O2. The predicted molar refractivity (Wildman–Crippen MR) is 117 cm³/mol. The fraction of sp³-hybridized carbons (Fsp3) is 0.280. The van der Waals surface area contributed by atoms with Crippen LogP contribution in [0.2, 0.25) is 0 Å². The van der Waals surface area contributed by atoms with Crippen molar-refractivity contribution in [1.29, 1.82) is 0 Å². The van der Waals surface area contributed by atoms with Crippen LogP contribution in [0.5, 0.6) is 11.5 Å². The van der Waals surface area contributed by atoms with Crippen molar-refractivity contribution in [3.63, 3.8) is 0 Å². The minimum atomic E-state index is -0.145. The van der Waals surface area contributed by atoms with Gasteiger partial charge in [-0.05, 0) is 74.3 Å². The van der Waals surface area contributed by atoms with Crippen molar-refractivity contribution in [2.45, 2.75) is 19.4 Å². The maximum Gasteiger partial charge on any atom is 0.251 e. The van der Waals surface area contributed by atoms with E-state index in [1.165, 1.54) is 6.07 Å². The third kappa shape index (κ3) is 5.89. The Morgan fingerprint density at radius 3 is 2.52 bits per heavy atom. The van der Waals surface area contributed by atoms with Gasteiger partial charge in [-0.2, -0.15) is 0 Å². The maximum absolute atomic E-state index is 13.8. The number of benzene rings is 2. The number of carbonyl (C=O) groups is 1. The van der Waals surface area contributed by atoms with Gasteiger partial charge < -0.3 is 10.1 Å². The lowest BCUT2D eigenvalue weighted by atomic mass is 9.96. The monoisotopic (exact) mass is 419 g/mol. The molecule has 0 spiro atoms. The molecule has 1 aromatic heterocycles. The number of aromatic nitrogens is 1. The van der Waals surface area contributed by atoms with Crippen molar-refractivity contribution in [2.75, 3.05) is 19.6 Å². The van der Waals surface area contributed by atoms with Gasteiger partial charge in [0.2, 0.25) is 0 Å². The Morgan fingerprint density at radius 1 is 1.03 bits per heavy atom. The van der Waals surface area contributed by atoms with Gasteiger partial charge >= 0.3 is 0 Å². The number of amides is 1. The van der Waals surface area contributed by atoms with Gasteiger partial charge in [0.1, 0.15) is 17.3 Å². The van der Waals surface area contributed by atoms with Crippen LogP contribution in [0.15, 0.2) is 73.1 Å². The van der Waals surface area contributed by atoms with E-state index in [0.29, 0.717) is 36.1 Å². The first kappa shape index (κ1) is 21.0. The normalized spacial score (nSPS) is 14.9. The number of hydrogen-bond acceptors (Lipinski definition) is 4. The summed E-state index contributed by atoms with van der Waals surface area (Å²) in [5.41, 5.74) is 1.35. The molecule has 31 heavy (non-hydrogen) atoms. The molecule has 0 saturated carbocycles. The van der Waals surface area contributed by atoms with Crippen LogP contribution in [0.3, 0.4) is 0 Å². The molecular weight excluding hydrogens is 393 g/mol. The molecule has 4 rings (SSSR count). The highest BCUT2D eigenvalue weighted by Gasteiger charge is 2.20. The van der Waals surface area contributed by atoms with Gasteiger partial charge in [0.15, 0.2) is 0 Å². The SMILES string of the molecule is O=C(NCC1CCN(Cc2ccccc2F)CC1)c1ccc(Oc2cccnc2)cc1. The van der Waals surface area contributed by atoms with Gasteiger partial charge in [0.05, 0.1) is 6.20 Å². The van der Waals surface area contributed by atoms with E-state index in [-0.39, 0.29) is 11.7 Å². The molecule has 1 fully saturated rings. The molecule has 2 heterocycles. The summed E-state index contributed by atoms with van der Waals surface area (Å²) in [6.45, 7) is 3.12. The molecule has 5 nitrogen and oxygen atoms in total. The maximum atomic E-state index is 13.8. The summed E-state index contributed by atoms with van der Waals surface area (Å²) in [6, 6.07) is 17.7. The summed E-state index contributed by atoms with van der Waals surface area (Å²) in [7, 11) is 0. The molecule has 0 bridgehead atoms. The Kier molecular flexibility index (Phi) is 6.89. The van der Waals surface area contributed by atoms with E-state index in [1.54, 1.807) is 42.7 Å². The van der Waals surface area contributed by atoms with Crippen LogP contribution >= 0.6 is 0 Å². The number of nitrogens with one attached hydrogen (secondary N) is 1. The molecule has 6 heteroatoms. The van der Waals surface area contributed by atoms with Gasteiger partial charge in [0.25, 0.3) is 5.91 Å². The van der Waals surface area contributed by atoms with Crippen molar-refractivity contribution < 1.29 is 13.9 Å². The van der Waals surface area contributed by atoms with Gasteiger partial charge in [-0.15, -0.1) is 0 Å². The standard InChI is InChI=1S/C25H26FN3O2/c26-24-6-2-1-4-21(24)18-29-14-11-19(12-15-29)16-28-25(30)20-7-9-22(10-8-20)31-23-5-3-13-27-17-23/h1-10,13,17,19H,11-12,14-16,18H2,(H,28,30). The molecule has 3 aromatic rings. The first-order chi connectivity index (χ1) is 15.2. The van der Waals surface area contributed by atoms with E-state index < -0.39 is 0 Å². The van der Waals surface area contributed by atoms with E-state index in [4.69, 9.17) is 4.74 Å². The van der Waals surface area contributed by atoms with Gasteiger partial charge in [-0.3, -0.25) is 14.7 Å². The van der Waals surface area contributed by atoms with E-state index in [2.05, 4.69) is 15.2 Å². The zero-order valence-corrected chi connectivity index (χ0v) is 17.3. The summed E-state index contributed by atoms with van der Waals surface area (Å²) < 4.78 is 19.5. The molecule has 160 valence electrons. The van der Waals surface area contributed by atoms with Crippen molar-refractivity contribution in [3.05, 3.63) is 90.0 Å². The molecule has 1 aliphatic rings. The van der Waals surface area contributed by atoms with Crippen LogP contribution in [-0.2, 0) is 6.54 Å². The number of rotatable bonds is 7. The second-order valence-corrected chi connectivity index (χ2v) is 7.84. The molecule has 1 amide bonds. The quantitative estimate of drug-likeness (QED) is 0.605. The summed E-state index contributed by atoms with van der Waals surface area (Å²) in [6.07, 6.45) is 5.31. The number of ether oxygens (including phenoxy) is 1. The first-order valence-corrected chi connectivity index (χ1v) is 10.6. The molecule has 0 unspecified atom stereocenters. The zero-order valence-electron chi connectivity index (χ0n) is 17.3. The molecule has 2 aromatic carbocycles. The summed E-state index contributed by atoms with van der Waals surface area (Å²) in [5, 5.41) is 3.04. The number of halogens is 1. The lowest BCUT2D eigenvalue weighted by Crippen LogP contribution is -2.38. The predicted octanol–water partition coefficient (Wildman–Crippen LogP) is 4.66. The highest BCUT2D eigenvalue weighted by atomic mass is 19.1. The van der Waals surface area contributed by atoms with E-state index in [0.717, 1.165) is 31.5 Å². The van der Waals surface area contributed by atoms with Crippen molar-refractivity contribution in [1.82, 2.24) is 15.2 Å². The lowest BCUT2D eigenvalue weighted by molar-refractivity contribution is 0.0935. The first-order valence-electron chi connectivity index (χ1n) is 10.6. The number of likely N-dealkylation sites (tertiary alicyclic amines) is 1. The molecule has 1 N–H and O–H groups in total. The molecule has 1 aliphatic heterocycles. The molecule has 1 saturated heterocycles. The highest BCUT2D eigenvalue weighted by Crippen LogP contribution is 2.21. The fourth-order valence-electron chi connectivity index (χ4n) is 3.77. The Morgan fingerprint density at radius 2 is 1.81 bits per heavy atom. The van der Waals surface area contributed by atoms with E-state index >= 15 is 0 Å². The summed E-state index contributed by atoms with van der Waals surface area (Å²) in [5.74, 6) is 1.53. The van der Waals surface area contributed by atoms with Crippen molar-refractivity contribution >= 4 is 5.91 Å². The number of piperidine rings is 1. The smallest absolute Gasteiger partial charge is 0.251 e. The lowest BCUT2D eigenvalue weighted by Gasteiger charge is -2.32. The van der Waals surface area contributed by atoms with E-state index in [1.807, 2.05) is 24.3 Å². The average Bonchev–Trinajstić information content (AvgIpc) is 2.81. The number of hydrogen-bond donors (Lipinski definition) is 1. The second-order valence-electron chi connectivity index (χ2n) is 7.84. The van der Waals surface area contributed by atoms with Crippen molar-refractivity contribution in [3.8, 4) is 11.5 Å². The minimum absolute atomic E-state index is 0.0817. The fourth-order valence-corrected chi connectivity index (χ4v) is 3.77. The third-order valence-corrected chi connectivity index (χ3v) is 5.60. The molecule has 0 atom stereocenters. The average molecular weight is 420 g/mol. The molecule has 0 aliphatic carbocycles. The Balaban J connectivity index is 1.21. The van der Waals surface area contributed by atoms with Gasteiger partial charge in [-0.25, -0.2) is 4.39 Å². The zero-order chi connectivity index (χ0) is 21.5. The summed E-state index contributed by atoms with van der Waals surface area (Å²) in [4.78, 5) is 18.8. The van der Waals surface area contributed by atoms with Crippen molar-refractivity contribution in [2.24, 2.45) is 5.92 Å². The number of nitrogens with zero attached hydrogens (tertiary/aromatic N) is 2. The second kappa shape index (κ2) is 10.2. The highest BCUT2D eigenvalue weighted by molar-refractivity contribution is 5.94. The van der Waals surface area contributed by atoms with E-state index in [9.17, 15) is 9.18 Å². The van der Waals surface area contributed by atoms with Gasteiger partial charge in [-0.1, -0.05) is 18.2 Å². The minimum Gasteiger partial charge on any atom is -0.456 e. The Hall–Kier alpha value is -3.25. The van der Waals surface area contributed by atoms with Crippen LogP contribution in [0.25, 0.3) is 0 Å². The third-order valence-electron chi connectivity index (χ3n) is 5.60. The Bertz CT molecular complexity index is 987. The van der Waals surface area contributed by atoms with Crippen LogP contribution < -0.4 is 10.1 Å². The Labute approximate surface area is 181 Å². The van der Waals surface area contributed by atoms with Crippen LogP contribution in [0, 0.1) is 11.7 Å². The molecule has 0 radical (unpaired) electrons. The van der Waals surface area contributed by atoms with Crippen LogP contribution in [0.4, 0.5) is 4.39 Å². The van der Waals surface area contributed by atoms with Crippen LogP contribution in [0.1, 0.15) is 28.8 Å². The topological polar surface area (TPSA) is 54.5 Å². The summed E-state index contributed by atoms with van der Waals surface area (Å²) >= 11 is 0. The van der Waals surface area contributed by atoms with Crippen LogP contribution in [-0.4, -0.2) is 35.4 Å². The largest absolute Gasteiger partial charge is 0.456 e.